The van der Waals surface area contributed by atoms with Gasteiger partial charge in [0.1, 0.15) is 5.75 Å². The Morgan fingerprint density at radius 2 is 2.26 bits per heavy atom. The molecule has 2 aromatic rings. The van der Waals surface area contributed by atoms with Crippen molar-refractivity contribution < 1.29 is 9.53 Å². The van der Waals surface area contributed by atoms with E-state index in [2.05, 4.69) is 10.3 Å². The van der Waals surface area contributed by atoms with Crippen molar-refractivity contribution in [3.05, 3.63) is 47.7 Å². The molecular weight excluding hydrogens is 266 g/mol. The molecule has 0 unspecified atom stereocenters. The molecule has 0 atom stereocenters. The van der Waals surface area contributed by atoms with Gasteiger partial charge in [-0.3, -0.25) is 9.78 Å². The highest BCUT2D eigenvalue weighted by Gasteiger charge is 2.06. The van der Waals surface area contributed by atoms with Gasteiger partial charge in [-0.2, -0.15) is 0 Å². The number of benzene rings is 1. The lowest BCUT2D eigenvalue weighted by Gasteiger charge is -2.09. The Labute approximate surface area is 115 Å². The molecule has 0 aliphatic rings. The largest absolute Gasteiger partial charge is 0.484 e. The lowest BCUT2D eigenvalue weighted by Crippen LogP contribution is -2.20. The van der Waals surface area contributed by atoms with Gasteiger partial charge in [0.15, 0.2) is 6.61 Å². The highest BCUT2D eigenvalue weighted by Crippen LogP contribution is 2.18. The number of ether oxygens (including phenoxy) is 1. The number of amides is 1. The number of hydrogen-bond donors (Lipinski definition) is 2. The first-order valence-electron chi connectivity index (χ1n) is 5.53. The van der Waals surface area contributed by atoms with Crippen molar-refractivity contribution in [3.63, 3.8) is 0 Å². The minimum atomic E-state index is -0.308. The summed E-state index contributed by atoms with van der Waals surface area (Å²) in [6, 6.07) is 8.45. The van der Waals surface area contributed by atoms with E-state index in [1.54, 1.807) is 36.5 Å². The minimum Gasteiger partial charge on any atom is -0.484 e. The van der Waals surface area contributed by atoms with Gasteiger partial charge in [0, 0.05) is 11.2 Å². The van der Waals surface area contributed by atoms with Crippen LogP contribution in [0.1, 0.15) is 0 Å². The normalized spacial score (nSPS) is 9.95. The second kappa shape index (κ2) is 6.06. The maximum atomic E-state index is 11.7. The van der Waals surface area contributed by atoms with Crippen LogP contribution in [0.5, 0.6) is 5.75 Å². The third-order valence-electron chi connectivity index (χ3n) is 2.29. The van der Waals surface area contributed by atoms with Crippen LogP contribution in [0, 0.1) is 0 Å². The summed E-state index contributed by atoms with van der Waals surface area (Å²) in [5, 5.41) is 3.19. The number of nitrogens with zero attached hydrogens (tertiary/aromatic N) is 1. The topological polar surface area (TPSA) is 77.2 Å². The molecule has 0 radical (unpaired) electrons. The summed E-state index contributed by atoms with van der Waals surface area (Å²) < 4.78 is 5.31. The molecule has 0 bridgehead atoms. The number of carbonyl (C=O) groups excluding carboxylic acids is 1. The van der Waals surface area contributed by atoms with Crippen LogP contribution >= 0.6 is 11.6 Å². The first-order valence-corrected chi connectivity index (χ1v) is 5.90. The highest BCUT2D eigenvalue weighted by molar-refractivity contribution is 6.30. The summed E-state index contributed by atoms with van der Waals surface area (Å²) in [5.74, 6) is 0.225. The van der Waals surface area contributed by atoms with Gasteiger partial charge in [-0.15, -0.1) is 0 Å². The summed E-state index contributed by atoms with van der Waals surface area (Å²) in [4.78, 5) is 15.5. The third kappa shape index (κ3) is 3.86. The number of pyridine rings is 1. The van der Waals surface area contributed by atoms with E-state index in [0.717, 1.165) is 0 Å². The monoisotopic (exact) mass is 277 g/mol. The number of rotatable bonds is 4. The lowest BCUT2D eigenvalue weighted by molar-refractivity contribution is -0.118. The Balaban J connectivity index is 1.90. The zero-order valence-corrected chi connectivity index (χ0v) is 10.7. The third-order valence-corrected chi connectivity index (χ3v) is 2.53. The maximum Gasteiger partial charge on any atom is 0.262 e. The summed E-state index contributed by atoms with van der Waals surface area (Å²) in [6.45, 7) is -0.123. The second-order valence-electron chi connectivity index (χ2n) is 3.76. The van der Waals surface area contributed by atoms with Crippen molar-refractivity contribution in [2.24, 2.45) is 0 Å². The number of nitrogens with two attached hydrogens (primary N) is 1. The van der Waals surface area contributed by atoms with Crippen LogP contribution in [-0.4, -0.2) is 17.5 Å². The quantitative estimate of drug-likeness (QED) is 0.899. The fourth-order valence-electron chi connectivity index (χ4n) is 1.41. The fraction of sp³-hybridized carbons (Fsp3) is 0.0769. The van der Waals surface area contributed by atoms with Crippen LogP contribution in [0.2, 0.25) is 5.02 Å². The number of nitrogen functional groups attached to an aromatic ring is 1. The molecule has 0 fully saturated rings. The second-order valence-corrected chi connectivity index (χ2v) is 4.19. The Hall–Kier alpha value is -2.27. The van der Waals surface area contributed by atoms with Gasteiger partial charge in [0.2, 0.25) is 0 Å². The van der Waals surface area contributed by atoms with Crippen LogP contribution in [0.25, 0.3) is 0 Å². The van der Waals surface area contributed by atoms with Gasteiger partial charge in [-0.05, 0) is 24.3 Å². The van der Waals surface area contributed by atoms with E-state index in [4.69, 9.17) is 22.1 Å². The van der Waals surface area contributed by atoms with Gasteiger partial charge in [-0.1, -0.05) is 17.7 Å². The molecule has 19 heavy (non-hydrogen) atoms. The smallest absolute Gasteiger partial charge is 0.262 e. The molecule has 0 aliphatic carbocycles. The van der Waals surface area contributed by atoms with E-state index in [1.165, 1.54) is 6.20 Å². The first kappa shape index (κ1) is 13.2. The van der Waals surface area contributed by atoms with Gasteiger partial charge in [0.05, 0.1) is 17.6 Å². The van der Waals surface area contributed by atoms with E-state index in [9.17, 15) is 4.79 Å². The summed E-state index contributed by atoms with van der Waals surface area (Å²) in [5.41, 5.74) is 6.57. The molecule has 0 saturated carbocycles. The number of halogens is 1. The number of anilines is 2. The van der Waals surface area contributed by atoms with Crippen molar-refractivity contribution in [1.29, 1.82) is 0 Å². The number of aromatic nitrogens is 1. The average Bonchev–Trinajstić information content (AvgIpc) is 2.39. The van der Waals surface area contributed by atoms with E-state index in [0.29, 0.717) is 22.1 Å². The molecule has 2 rings (SSSR count). The molecule has 1 heterocycles. The van der Waals surface area contributed by atoms with Crippen molar-refractivity contribution >= 4 is 28.9 Å². The fourth-order valence-corrected chi connectivity index (χ4v) is 1.59. The maximum absolute atomic E-state index is 11.7. The predicted octanol–water partition coefficient (Wildman–Crippen LogP) is 2.33. The highest BCUT2D eigenvalue weighted by atomic mass is 35.5. The van der Waals surface area contributed by atoms with Gasteiger partial charge < -0.3 is 15.8 Å². The molecule has 1 aromatic heterocycles. The zero-order valence-electron chi connectivity index (χ0n) is 9.97. The van der Waals surface area contributed by atoms with Crippen LogP contribution < -0.4 is 15.8 Å². The zero-order chi connectivity index (χ0) is 13.7. The van der Waals surface area contributed by atoms with Crippen molar-refractivity contribution in [1.82, 2.24) is 4.98 Å². The Morgan fingerprint density at radius 3 is 3.00 bits per heavy atom. The van der Waals surface area contributed by atoms with E-state index >= 15 is 0 Å². The molecule has 98 valence electrons. The molecule has 0 spiro atoms. The molecule has 1 aromatic carbocycles. The van der Waals surface area contributed by atoms with Crippen LogP contribution in [-0.2, 0) is 4.79 Å². The van der Waals surface area contributed by atoms with Gasteiger partial charge >= 0.3 is 0 Å². The van der Waals surface area contributed by atoms with Crippen molar-refractivity contribution in [3.8, 4) is 5.75 Å². The molecule has 3 N–H and O–H groups in total. The first-order chi connectivity index (χ1) is 9.15. The SMILES string of the molecule is Nc1cnccc1NC(=O)COc1cccc(Cl)c1. The molecule has 0 saturated heterocycles. The van der Waals surface area contributed by atoms with E-state index in [-0.39, 0.29) is 12.5 Å². The standard InChI is InChI=1S/C13H12ClN3O2/c14-9-2-1-3-10(6-9)19-8-13(18)17-12-4-5-16-7-11(12)15/h1-7H,8,15H2,(H,16,17,18). The van der Waals surface area contributed by atoms with E-state index < -0.39 is 0 Å². The Morgan fingerprint density at radius 1 is 1.42 bits per heavy atom. The van der Waals surface area contributed by atoms with E-state index in [1.807, 2.05) is 0 Å². The molecular formula is C13H12ClN3O2. The summed E-state index contributed by atoms with van der Waals surface area (Å²) >= 11 is 5.81. The molecule has 5 nitrogen and oxygen atoms in total. The average molecular weight is 278 g/mol. The van der Waals surface area contributed by atoms with Crippen molar-refractivity contribution in [2.75, 3.05) is 17.7 Å². The van der Waals surface area contributed by atoms with Crippen molar-refractivity contribution in [2.45, 2.75) is 0 Å². The molecule has 0 aliphatic heterocycles. The van der Waals surface area contributed by atoms with Gasteiger partial charge in [-0.25, -0.2) is 0 Å². The number of nitrogens with one attached hydrogen (secondary N) is 1. The Kier molecular flexibility index (Phi) is 4.20. The lowest BCUT2D eigenvalue weighted by atomic mass is 10.3. The molecule has 6 heteroatoms. The van der Waals surface area contributed by atoms with Gasteiger partial charge in [0.25, 0.3) is 5.91 Å². The molecule has 1 amide bonds. The van der Waals surface area contributed by atoms with Crippen LogP contribution in [0.15, 0.2) is 42.7 Å². The predicted molar refractivity (Wildman–Crippen MR) is 74.2 cm³/mol. The number of hydrogen-bond acceptors (Lipinski definition) is 4. The minimum absolute atomic E-state index is 0.123. The summed E-state index contributed by atoms with van der Waals surface area (Å²) in [6.07, 6.45) is 3.01. The summed E-state index contributed by atoms with van der Waals surface area (Å²) in [7, 11) is 0. The van der Waals surface area contributed by atoms with Crippen LogP contribution in [0.4, 0.5) is 11.4 Å². The number of carbonyl (C=O) groups is 1. The van der Waals surface area contributed by atoms with Crippen LogP contribution in [0.3, 0.4) is 0 Å². The Bertz CT molecular complexity index is 590.